The second kappa shape index (κ2) is 8.04. The van der Waals surface area contributed by atoms with Crippen molar-refractivity contribution in [3.8, 4) is 10.4 Å². The van der Waals surface area contributed by atoms with Crippen molar-refractivity contribution in [2.75, 3.05) is 20.1 Å². The van der Waals surface area contributed by atoms with E-state index in [1.165, 1.54) is 16.0 Å². The van der Waals surface area contributed by atoms with E-state index in [4.69, 9.17) is 0 Å². The lowest BCUT2D eigenvalue weighted by atomic mass is 9.73. The van der Waals surface area contributed by atoms with Crippen LogP contribution in [0.25, 0.3) is 10.4 Å². The molecular weight excluding hydrogens is 344 g/mol. The summed E-state index contributed by atoms with van der Waals surface area (Å²) in [6.07, 6.45) is 2.67. The van der Waals surface area contributed by atoms with Gasteiger partial charge in [-0.25, -0.2) is 0 Å². The number of nitrogens with zero attached hydrogens (tertiary/aromatic N) is 1. The summed E-state index contributed by atoms with van der Waals surface area (Å²) < 4.78 is 0. The lowest BCUT2D eigenvalue weighted by Gasteiger charge is -2.40. The molecule has 1 N–H and O–H groups in total. The van der Waals surface area contributed by atoms with Crippen molar-refractivity contribution >= 4 is 23.2 Å². The summed E-state index contributed by atoms with van der Waals surface area (Å²) in [6.45, 7) is 3.21. The first-order chi connectivity index (χ1) is 12.6. The highest BCUT2D eigenvalue weighted by molar-refractivity contribution is 7.13. The van der Waals surface area contributed by atoms with Gasteiger partial charge in [0.1, 0.15) is 0 Å². The largest absolute Gasteiger partial charge is 0.359 e. The third-order valence-electron chi connectivity index (χ3n) is 5.39. The number of hydrogen-bond acceptors (Lipinski definition) is 3. The first kappa shape index (κ1) is 18.6. The first-order valence-electron chi connectivity index (χ1n) is 9.21. The Hall–Kier alpha value is -2.14. The van der Waals surface area contributed by atoms with E-state index in [1.807, 2.05) is 11.8 Å². The van der Waals surface area contributed by atoms with Gasteiger partial charge in [-0.2, -0.15) is 0 Å². The normalized spacial score (nSPS) is 16.3. The maximum atomic E-state index is 12.7. The molecule has 2 aromatic rings. The second-order valence-corrected chi connectivity index (χ2v) is 7.89. The Morgan fingerprint density at radius 1 is 1.15 bits per heavy atom. The fraction of sp³-hybridized carbons (Fsp3) is 0.429. The molecule has 0 unspecified atom stereocenters. The molecule has 3 rings (SSSR count). The standard InChI is InChI=1S/C21H26N2O2S/c1-3-19(24)23-12-10-21(11-13-23,20(25)22-2)15-16-6-8-17(9-7-16)18-5-4-14-26-18/h4-9,14H,3,10-13,15H2,1-2H3,(H,22,25). The van der Waals surface area contributed by atoms with Crippen LogP contribution >= 0.6 is 11.3 Å². The fourth-order valence-corrected chi connectivity index (χ4v) is 4.51. The van der Waals surface area contributed by atoms with Crippen LogP contribution in [-0.4, -0.2) is 36.9 Å². The molecule has 2 amide bonds. The van der Waals surface area contributed by atoms with Crippen LogP contribution in [0, 0.1) is 5.41 Å². The predicted molar refractivity (Wildman–Crippen MR) is 106 cm³/mol. The average Bonchev–Trinajstić information content (AvgIpc) is 3.22. The van der Waals surface area contributed by atoms with Crippen molar-refractivity contribution < 1.29 is 9.59 Å². The molecule has 0 radical (unpaired) electrons. The van der Waals surface area contributed by atoms with E-state index in [1.54, 1.807) is 18.4 Å². The highest BCUT2D eigenvalue weighted by Gasteiger charge is 2.41. The number of piperidine rings is 1. The number of benzene rings is 1. The number of amides is 2. The minimum absolute atomic E-state index is 0.0865. The van der Waals surface area contributed by atoms with Crippen LogP contribution in [0.15, 0.2) is 41.8 Å². The molecule has 26 heavy (non-hydrogen) atoms. The summed E-state index contributed by atoms with van der Waals surface area (Å²) in [5.41, 5.74) is 1.95. The molecular formula is C21H26N2O2S. The zero-order valence-electron chi connectivity index (χ0n) is 15.5. The highest BCUT2D eigenvalue weighted by atomic mass is 32.1. The Labute approximate surface area is 159 Å². The Balaban J connectivity index is 1.75. The number of hydrogen-bond donors (Lipinski definition) is 1. The monoisotopic (exact) mass is 370 g/mol. The van der Waals surface area contributed by atoms with Crippen LogP contribution in [0.4, 0.5) is 0 Å². The Bertz CT molecular complexity index is 745. The van der Waals surface area contributed by atoms with E-state index in [0.717, 1.165) is 0 Å². The van der Waals surface area contributed by atoms with E-state index < -0.39 is 5.41 Å². The molecule has 1 aromatic carbocycles. The molecule has 5 heteroatoms. The molecule has 1 fully saturated rings. The van der Waals surface area contributed by atoms with Crippen molar-refractivity contribution in [3.05, 3.63) is 47.3 Å². The number of carbonyl (C=O) groups excluding carboxylic acids is 2. The maximum Gasteiger partial charge on any atom is 0.226 e. The highest BCUT2D eigenvalue weighted by Crippen LogP contribution is 2.36. The van der Waals surface area contributed by atoms with Crippen LogP contribution in [0.2, 0.25) is 0 Å². The van der Waals surface area contributed by atoms with Gasteiger partial charge in [-0.3, -0.25) is 9.59 Å². The summed E-state index contributed by atoms with van der Waals surface area (Å²) in [4.78, 5) is 27.8. The lowest BCUT2D eigenvalue weighted by molar-refractivity contribution is -0.140. The molecule has 2 heterocycles. The molecule has 0 spiro atoms. The summed E-state index contributed by atoms with van der Waals surface area (Å²) in [5, 5.41) is 4.93. The van der Waals surface area contributed by atoms with E-state index in [2.05, 4.69) is 47.1 Å². The number of carbonyl (C=O) groups is 2. The molecule has 1 aromatic heterocycles. The van der Waals surface area contributed by atoms with Crippen molar-refractivity contribution in [2.24, 2.45) is 5.41 Å². The van der Waals surface area contributed by atoms with Crippen molar-refractivity contribution in [1.82, 2.24) is 10.2 Å². The maximum absolute atomic E-state index is 12.7. The van der Waals surface area contributed by atoms with Gasteiger partial charge in [-0.05, 0) is 41.8 Å². The third kappa shape index (κ3) is 3.83. The molecule has 1 aliphatic heterocycles. The van der Waals surface area contributed by atoms with Gasteiger partial charge in [-0.1, -0.05) is 37.3 Å². The van der Waals surface area contributed by atoms with Gasteiger partial charge in [-0.15, -0.1) is 11.3 Å². The Morgan fingerprint density at radius 3 is 2.38 bits per heavy atom. The van der Waals surface area contributed by atoms with Gasteiger partial charge in [0, 0.05) is 31.4 Å². The SMILES string of the molecule is CCC(=O)N1CCC(Cc2ccc(-c3cccs3)cc2)(C(=O)NC)CC1. The second-order valence-electron chi connectivity index (χ2n) is 6.94. The molecule has 0 aliphatic carbocycles. The van der Waals surface area contributed by atoms with E-state index in [9.17, 15) is 9.59 Å². The zero-order chi connectivity index (χ0) is 18.6. The minimum atomic E-state index is -0.427. The fourth-order valence-electron chi connectivity index (χ4n) is 3.78. The van der Waals surface area contributed by atoms with Gasteiger partial charge in [0.05, 0.1) is 5.41 Å². The third-order valence-corrected chi connectivity index (χ3v) is 6.31. The van der Waals surface area contributed by atoms with Gasteiger partial charge in [0.15, 0.2) is 0 Å². The predicted octanol–water partition coefficient (Wildman–Crippen LogP) is 3.72. The number of rotatable bonds is 5. The Kier molecular flexibility index (Phi) is 5.77. The summed E-state index contributed by atoms with van der Waals surface area (Å²) in [5.74, 6) is 0.263. The number of nitrogens with one attached hydrogen (secondary N) is 1. The molecule has 1 aliphatic rings. The minimum Gasteiger partial charge on any atom is -0.359 e. The smallest absolute Gasteiger partial charge is 0.226 e. The molecule has 0 saturated carbocycles. The summed E-state index contributed by atoms with van der Waals surface area (Å²) in [7, 11) is 1.70. The van der Waals surface area contributed by atoms with E-state index >= 15 is 0 Å². The number of likely N-dealkylation sites (tertiary alicyclic amines) is 1. The van der Waals surface area contributed by atoms with Gasteiger partial charge in [0.2, 0.25) is 11.8 Å². The van der Waals surface area contributed by atoms with Crippen LogP contribution < -0.4 is 5.32 Å². The van der Waals surface area contributed by atoms with Crippen LogP contribution in [-0.2, 0) is 16.0 Å². The van der Waals surface area contributed by atoms with Crippen molar-refractivity contribution in [2.45, 2.75) is 32.6 Å². The van der Waals surface area contributed by atoms with Gasteiger partial charge < -0.3 is 10.2 Å². The summed E-state index contributed by atoms with van der Waals surface area (Å²) in [6, 6.07) is 12.7. The Morgan fingerprint density at radius 2 is 1.85 bits per heavy atom. The number of thiophene rings is 1. The molecule has 138 valence electrons. The van der Waals surface area contributed by atoms with Gasteiger partial charge >= 0.3 is 0 Å². The topological polar surface area (TPSA) is 49.4 Å². The van der Waals surface area contributed by atoms with E-state index in [0.29, 0.717) is 38.8 Å². The molecule has 4 nitrogen and oxygen atoms in total. The van der Waals surface area contributed by atoms with Crippen LogP contribution in [0.3, 0.4) is 0 Å². The first-order valence-corrected chi connectivity index (χ1v) is 10.1. The van der Waals surface area contributed by atoms with Crippen molar-refractivity contribution in [1.29, 1.82) is 0 Å². The van der Waals surface area contributed by atoms with Crippen LogP contribution in [0.1, 0.15) is 31.7 Å². The van der Waals surface area contributed by atoms with Crippen LogP contribution in [0.5, 0.6) is 0 Å². The average molecular weight is 371 g/mol. The molecule has 1 saturated heterocycles. The zero-order valence-corrected chi connectivity index (χ0v) is 16.3. The quantitative estimate of drug-likeness (QED) is 0.872. The molecule has 0 atom stereocenters. The summed E-state index contributed by atoms with van der Waals surface area (Å²) >= 11 is 1.73. The lowest BCUT2D eigenvalue weighted by Crippen LogP contribution is -2.50. The van der Waals surface area contributed by atoms with E-state index in [-0.39, 0.29) is 11.8 Å². The van der Waals surface area contributed by atoms with Crippen molar-refractivity contribution in [3.63, 3.8) is 0 Å². The molecule has 0 bridgehead atoms. The van der Waals surface area contributed by atoms with Gasteiger partial charge in [0.25, 0.3) is 0 Å².